The Bertz CT molecular complexity index is 967. The third-order valence-corrected chi connectivity index (χ3v) is 5.19. The fourth-order valence-corrected chi connectivity index (χ4v) is 3.64. The Hall–Kier alpha value is -3.15. The summed E-state index contributed by atoms with van der Waals surface area (Å²) in [5.41, 5.74) is 3.43. The van der Waals surface area contributed by atoms with Gasteiger partial charge in [-0.2, -0.15) is 5.10 Å². The summed E-state index contributed by atoms with van der Waals surface area (Å²) in [5.74, 6) is 0.555. The highest BCUT2D eigenvalue weighted by atomic mass is 19.1. The molecule has 1 aromatic heterocycles. The normalized spacial score (nSPS) is 16.8. The molecule has 1 atom stereocenters. The minimum Gasteiger partial charge on any atom is -0.353 e. The summed E-state index contributed by atoms with van der Waals surface area (Å²) in [5, 5.41) is 10.6. The lowest BCUT2D eigenvalue weighted by Crippen LogP contribution is -2.48. The van der Waals surface area contributed by atoms with Crippen LogP contribution in [-0.2, 0) is 0 Å². The molecule has 1 aliphatic rings. The van der Waals surface area contributed by atoms with Crippen LogP contribution in [0.3, 0.4) is 0 Å². The fourth-order valence-electron chi connectivity index (χ4n) is 3.64. The number of amides is 1. The minimum atomic E-state index is -0.258. The van der Waals surface area contributed by atoms with Gasteiger partial charge in [0.25, 0.3) is 5.91 Å². The average molecular weight is 378 g/mol. The van der Waals surface area contributed by atoms with Crippen LogP contribution < -0.4 is 10.2 Å². The van der Waals surface area contributed by atoms with Gasteiger partial charge in [0.2, 0.25) is 0 Å². The van der Waals surface area contributed by atoms with E-state index >= 15 is 0 Å². The zero-order chi connectivity index (χ0) is 19.5. The first-order valence-corrected chi connectivity index (χ1v) is 9.53. The van der Waals surface area contributed by atoms with Crippen molar-refractivity contribution in [2.24, 2.45) is 0 Å². The molecule has 144 valence electrons. The van der Waals surface area contributed by atoms with Crippen LogP contribution in [0.4, 0.5) is 10.2 Å². The zero-order valence-electron chi connectivity index (χ0n) is 15.8. The van der Waals surface area contributed by atoms with Crippen molar-refractivity contribution in [3.8, 4) is 11.3 Å². The molecule has 4 rings (SSSR count). The van der Waals surface area contributed by atoms with Crippen LogP contribution in [0.25, 0.3) is 11.3 Å². The summed E-state index contributed by atoms with van der Waals surface area (Å²) in [6.45, 7) is 3.55. The highest BCUT2D eigenvalue weighted by molar-refractivity contribution is 5.95. The van der Waals surface area contributed by atoms with Gasteiger partial charge in [-0.15, -0.1) is 0 Å². The van der Waals surface area contributed by atoms with Crippen molar-refractivity contribution in [1.29, 1.82) is 0 Å². The van der Waals surface area contributed by atoms with Crippen LogP contribution >= 0.6 is 0 Å². The Morgan fingerprint density at radius 2 is 2.00 bits per heavy atom. The average Bonchev–Trinajstić information content (AvgIpc) is 3.19. The summed E-state index contributed by atoms with van der Waals surface area (Å²) in [4.78, 5) is 14.8. The second kappa shape index (κ2) is 7.84. The van der Waals surface area contributed by atoms with Crippen molar-refractivity contribution < 1.29 is 9.18 Å². The van der Waals surface area contributed by atoms with E-state index in [9.17, 15) is 9.18 Å². The monoisotopic (exact) mass is 378 g/mol. The molecule has 2 aromatic carbocycles. The van der Waals surface area contributed by atoms with Gasteiger partial charge in [0, 0.05) is 30.8 Å². The molecule has 0 saturated carbocycles. The van der Waals surface area contributed by atoms with Crippen LogP contribution in [0.5, 0.6) is 0 Å². The van der Waals surface area contributed by atoms with Gasteiger partial charge in [-0.3, -0.25) is 9.89 Å². The standard InChI is InChI=1S/C22H23FN4O/c1-15-5-2-3-7-19(15)22(28)24-18-6-4-12-27(14-18)21-13-20(25-26-21)16-8-10-17(23)11-9-16/h2-3,5,7-11,13,18H,4,6,12,14H2,1H3,(H,24,28)(H,25,26). The van der Waals surface area contributed by atoms with Crippen molar-refractivity contribution in [3.63, 3.8) is 0 Å². The number of aromatic nitrogens is 2. The Labute approximate surface area is 163 Å². The second-order valence-corrected chi connectivity index (χ2v) is 7.22. The second-order valence-electron chi connectivity index (χ2n) is 7.22. The van der Waals surface area contributed by atoms with Gasteiger partial charge >= 0.3 is 0 Å². The number of H-pyrrole nitrogens is 1. The largest absolute Gasteiger partial charge is 0.353 e. The Morgan fingerprint density at radius 3 is 2.79 bits per heavy atom. The number of piperidine rings is 1. The fraction of sp³-hybridized carbons (Fsp3) is 0.273. The molecular formula is C22H23FN4O. The van der Waals surface area contributed by atoms with Crippen molar-refractivity contribution in [2.45, 2.75) is 25.8 Å². The van der Waals surface area contributed by atoms with Crippen molar-refractivity contribution in [1.82, 2.24) is 15.5 Å². The number of aromatic amines is 1. The van der Waals surface area contributed by atoms with Gasteiger partial charge in [-0.05, 0) is 61.2 Å². The lowest BCUT2D eigenvalue weighted by atomic mass is 10.0. The molecule has 5 nitrogen and oxygen atoms in total. The number of halogens is 1. The molecule has 1 aliphatic heterocycles. The van der Waals surface area contributed by atoms with Crippen LogP contribution in [-0.4, -0.2) is 35.2 Å². The first-order valence-electron chi connectivity index (χ1n) is 9.53. The third kappa shape index (κ3) is 3.91. The molecule has 0 spiro atoms. The lowest BCUT2D eigenvalue weighted by molar-refractivity contribution is 0.0932. The van der Waals surface area contributed by atoms with E-state index in [4.69, 9.17) is 0 Å². The van der Waals surface area contributed by atoms with E-state index in [1.807, 2.05) is 37.3 Å². The number of carbonyl (C=O) groups excluding carboxylic acids is 1. The van der Waals surface area contributed by atoms with Gasteiger partial charge in [0.1, 0.15) is 5.82 Å². The number of nitrogens with zero attached hydrogens (tertiary/aromatic N) is 2. The molecular weight excluding hydrogens is 355 g/mol. The van der Waals surface area contributed by atoms with Gasteiger partial charge < -0.3 is 10.2 Å². The maximum Gasteiger partial charge on any atom is 0.251 e. The molecule has 6 heteroatoms. The van der Waals surface area contributed by atoms with Crippen LogP contribution in [0.15, 0.2) is 54.6 Å². The van der Waals surface area contributed by atoms with E-state index in [2.05, 4.69) is 20.4 Å². The summed E-state index contributed by atoms with van der Waals surface area (Å²) < 4.78 is 13.1. The van der Waals surface area contributed by atoms with Crippen molar-refractivity contribution in [3.05, 3.63) is 71.5 Å². The molecule has 0 bridgehead atoms. The molecule has 2 N–H and O–H groups in total. The number of hydrogen-bond donors (Lipinski definition) is 2. The lowest BCUT2D eigenvalue weighted by Gasteiger charge is -2.33. The molecule has 28 heavy (non-hydrogen) atoms. The maximum absolute atomic E-state index is 13.1. The Kier molecular flexibility index (Phi) is 5.10. The van der Waals surface area contributed by atoms with Gasteiger partial charge in [0.15, 0.2) is 5.82 Å². The number of rotatable bonds is 4. The van der Waals surface area contributed by atoms with Gasteiger partial charge in [-0.25, -0.2) is 4.39 Å². The molecule has 1 amide bonds. The quantitative estimate of drug-likeness (QED) is 0.723. The Morgan fingerprint density at radius 1 is 1.21 bits per heavy atom. The summed E-state index contributed by atoms with van der Waals surface area (Å²) in [6, 6.07) is 16.0. The maximum atomic E-state index is 13.1. The summed E-state index contributed by atoms with van der Waals surface area (Å²) >= 11 is 0. The third-order valence-electron chi connectivity index (χ3n) is 5.19. The first kappa shape index (κ1) is 18.2. The van der Waals surface area contributed by atoms with E-state index in [0.717, 1.165) is 47.6 Å². The SMILES string of the molecule is Cc1ccccc1C(=O)NC1CCCN(c2cc(-c3ccc(F)cc3)[nH]n2)C1. The molecule has 1 saturated heterocycles. The number of aryl methyl sites for hydroxylation is 1. The van der Waals surface area contributed by atoms with E-state index in [-0.39, 0.29) is 17.8 Å². The molecule has 1 unspecified atom stereocenters. The van der Waals surface area contributed by atoms with Gasteiger partial charge in [0.05, 0.1) is 5.69 Å². The predicted octanol–water partition coefficient (Wildman–Crippen LogP) is 3.92. The van der Waals surface area contributed by atoms with Crippen molar-refractivity contribution in [2.75, 3.05) is 18.0 Å². The number of hydrogen-bond acceptors (Lipinski definition) is 3. The van der Waals surface area contributed by atoms with Gasteiger partial charge in [-0.1, -0.05) is 18.2 Å². The van der Waals surface area contributed by atoms with E-state index in [1.54, 1.807) is 12.1 Å². The Balaban J connectivity index is 1.43. The molecule has 2 heterocycles. The van der Waals surface area contributed by atoms with E-state index < -0.39 is 0 Å². The smallest absolute Gasteiger partial charge is 0.251 e. The number of carbonyl (C=O) groups is 1. The number of anilines is 1. The first-order chi connectivity index (χ1) is 13.6. The highest BCUT2D eigenvalue weighted by Crippen LogP contribution is 2.24. The zero-order valence-corrected chi connectivity index (χ0v) is 15.8. The predicted molar refractivity (Wildman–Crippen MR) is 108 cm³/mol. The van der Waals surface area contributed by atoms with Crippen LogP contribution in [0.2, 0.25) is 0 Å². The summed E-state index contributed by atoms with van der Waals surface area (Å²) in [6.07, 6.45) is 1.93. The molecule has 0 aliphatic carbocycles. The summed E-state index contributed by atoms with van der Waals surface area (Å²) in [7, 11) is 0. The van der Waals surface area contributed by atoms with E-state index in [0.29, 0.717) is 6.54 Å². The minimum absolute atomic E-state index is 0.0287. The number of nitrogens with one attached hydrogen (secondary N) is 2. The van der Waals surface area contributed by atoms with Crippen molar-refractivity contribution >= 4 is 11.7 Å². The van der Waals surface area contributed by atoms with Crippen LogP contribution in [0.1, 0.15) is 28.8 Å². The highest BCUT2D eigenvalue weighted by Gasteiger charge is 2.24. The van der Waals surface area contributed by atoms with Crippen LogP contribution in [0, 0.1) is 12.7 Å². The molecule has 0 radical (unpaired) electrons. The topological polar surface area (TPSA) is 61.0 Å². The van der Waals surface area contributed by atoms with E-state index in [1.165, 1.54) is 12.1 Å². The molecule has 1 fully saturated rings. The number of benzene rings is 2. The molecule has 3 aromatic rings.